The van der Waals surface area contributed by atoms with Crippen molar-refractivity contribution in [1.82, 2.24) is 5.32 Å². The van der Waals surface area contributed by atoms with Crippen molar-refractivity contribution in [3.63, 3.8) is 0 Å². The SMILES string of the molecule is CSCC(C)CNC1CCCC(C(C)(C)C)CC1. The summed E-state index contributed by atoms with van der Waals surface area (Å²) >= 11 is 1.96. The summed E-state index contributed by atoms with van der Waals surface area (Å²) in [6.45, 7) is 10.8. The zero-order valence-electron chi connectivity index (χ0n) is 13.1. The third-order valence-corrected chi connectivity index (χ3v) is 5.30. The lowest BCUT2D eigenvalue weighted by atomic mass is 9.76. The predicted octanol–water partition coefficient (Wildman–Crippen LogP) is 4.57. The molecule has 0 radical (unpaired) electrons. The van der Waals surface area contributed by atoms with E-state index in [0.717, 1.165) is 17.9 Å². The van der Waals surface area contributed by atoms with E-state index in [-0.39, 0.29) is 0 Å². The normalized spacial score (nSPS) is 27.8. The van der Waals surface area contributed by atoms with Crippen molar-refractivity contribution in [3.8, 4) is 0 Å². The van der Waals surface area contributed by atoms with Crippen LogP contribution >= 0.6 is 11.8 Å². The van der Waals surface area contributed by atoms with E-state index in [4.69, 9.17) is 0 Å². The lowest BCUT2D eigenvalue weighted by Gasteiger charge is -2.29. The minimum absolute atomic E-state index is 0.501. The van der Waals surface area contributed by atoms with Crippen molar-refractivity contribution in [2.24, 2.45) is 17.3 Å². The molecule has 1 rings (SSSR count). The first-order chi connectivity index (χ1) is 8.43. The van der Waals surface area contributed by atoms with Crippen LogP contribution < -0.4 is 5.32 Å². The molecule has 0 saturated heterocycles. The molecule has 0 heterocycles. The fourth-order valence-corrected chi connectivity index (χ4v) is 3.77. The van der Waals surface area contributed by atoms with Crippen LogP contribution in [-0.2, 0) is 0 Å². The summed E-state index contributed by atoms with van der Waals surface area (Å²) in [4.78, 5) is 0. The summed E-state index contributed by atoms with van der Waals surface area (Å²) in [7, 11) is 0. The van der Waals surface area contributed by atoms with Gasteiger partial charge < -0.3 is 5.32 Å². The van der Waals surface area contributed by atoms with Gasteiger partial charge in [0.05, 0.1) is 0 Å². The van der Waals surface area contributed by atoms with E-state index in [1.54, 1.807) is 0 Å². The van der Waals surface area contributed by atoms with Crippen LogP contribution in [0.2, 0.25) is 0 Å². The van der Waals surface area contributed by atoms with Gasteiger partial charge in [-0.2, -0.15) is 11.8 Å². The molecule has 0 bridgehead atoms. The molecular formula is C16H33NS. The van der Waals surface area contributed by atoms with Gasteiger partial charge in [-0.05, 0) is 61.5 Å². The average molecular weight is 272 g/mol. The van der Waals surface area contributed by atoms with Crippen LogP contribution in [0.4, 0.5) is 0 Å². The van der Waals surface area contributed by atoms with Gasteiger partial charge in [-0.25, -0.2) is 0 Å². The predicted molar refractivity (Wildman–Crippen MR) is 85.4 cm³/mol. The Balaban J connectivity index is 2.29. The van der Waals surface area contributed by atoms with Crippen molar-refractivity contribution < 1.29 is 0 Å². The molecule has 18 heavy (non-hydrogen) atoms. The Hall–Kier alpha value is 0.310. The maximum absolute atomic E-state index is 3.80. The Bertz CT molecular complexity index is 222. The van der Waals surface area contributed by atoms with Crippen LogP contribution in [0.3, 0.4) is 0 Å². The molecule has 0 aliphatic heterocycles. The van der Waals surface area contributed by atoms with Crippen LogP contribution in [0.15, 0.2) is 0 Å². The van der Waals surface area contributed by atoms with Gasteiger partial charge in [-0.3, -0.25) is 0 Å². The first-order valence-electron chi connectivity index (χ1n) is 7.65. The minimum Gasteiger partial charge on any atom is -0.314 e. The van der Waals surface area contributed by atoms with Gasteiger partial charge in [-0.1, -0.05) is 34.1 Å². The number of hydrogen-bond donors (Lipinski definition) is 1. The van der Waals surface area contributed by atoms with Crippen LogP contribution in [0, 0.1) is 17.3 Å². The van der Waals surface area contributed by atoms with Gasteiger partial charge in [0.25, 0.3) is 0 Å². The second-order valence-electron chi connectivity index (χ2n) is 7.24. The smallest absolute Gasteiger partial charge is 0.00672 e. The van der Waals surface area contributed by atoms with E-state index < -0.39 is 0 Å². The van der Waals surface area contributed by atoms with E-state index in [9.17, 15) is 0 Å². The van der Waals surface area contributed by atoms with Gasteiger partial charge in [0.15, 0.2) is 0 Å². The molecule has 1 fully saturated rings. The third-order valence-electron chi connectivity index (χ3n) is 4.40. The standard InChI is InChI=1S/C16H33NS/c1-13(12-18-5)11-17-15-8-6-7-14(9-10-15)16(2,3)4/h13-15,17H,6-12H2,1-5H3. The summed E-state index contributed by atoms with van der Waals surface area (Å²) in [5.41, 5.74) is 0.501. The molecule has 0 aromatic carbocycles. The van der Waals surface area contributed by atoms with Crippen LogP contribution in [0.25, 0.3) is 0 Å². The highest BCUT2D eigenvalue weighted by atomic mass is 32.2. The second-order valence-corrected chi connectivity index (χ2v) is 8.15. The number of hydrogen-bond acceptors (Lipinski definition) is 2. The Morgan fingerprint density at radius 1 is 1.17 bits per heavy atom. The molecule has 1 N–H and O–H groups in total. The Labute approximate surface area is 119 Å². The molecule has 2 heteroatoms. The van der Waals surface area contributed by atoms with E-state index in [1.165, 1.54) is 44.4 Å². The highest BCUT2D eigenvalue weighted by molar-refractivity contribution is 7.98. The molecular weight excluding hydrogens is 238 g/mol. The zero-order chi connectivity index (χ0) is 13.6. The summed E-state index contributed by atoms with van der Waals surface area (Å²) in [5, 5.41) is 3.80. The van der Waals surface area contributed by atoms with Crippen molar-refractivity contribution in [3.05, 3.63) is 0 Å². The summed E-state index contributed by atoms with van der Waals surface area (Å²) < 4.78 is 0. The first-order valence-corrected chi connectivity index (χ1v) is 9.05. The van der Waals surface area contributed by atoms with Gasteiger partial charge in [0, 0.05) is 6.04 Å². The van der Waals surface area contributed by atoms with Crippen LogP contribution in [0.5, 0.6) is 0 Å². The molecule has 3 atom stereocenters. The van der Waals surface area contributed by atoms with E-state index in [2.05, 4.69) is 39.3 Å². The maximum atomic E-state index is 3.80. The maximum Gasteiger partial charge on any atom is 0.00672 e. The number of thioether (sulfide) groups is 1. The zero-order valence-corrected chi connectivity index (χ0v) is 13.9. The molecule has 1 nitrogen and oxygen atoms in total. The lowest BCUT2D eigenvalue weighted by molar-refractivity contribution is 0.213. The van der Waals surface area contributed by atoms with Crippen LogP contribution in [-0.4, -0.2) is 24.6 Å². The molecule has 108 valence electrons. The summed E-state index contributed by atoms with van der Waals surface area (Å²) in [6, 6.07) is 0.779. The average Bonchev–Trinajstić information content (AvgIpc) is 2.51. The van der Waals surface area contributed by atoms with Crippen molar-refractivity contribution >= 4 is 11.8 Å². The van der Waals surface area contributed by atoms with E-state index >= 15 is 0 Å². The number of rotatable bonds is 5. The fraction of sp³-hybridized carbons (Fsp3) is 1.00. The summed E-state index contributed by atoms with van der Waals surface area (Å²) in [6.07, 6.45) is 9.24. The Kier molecular flexibility index (Phi) is 7.08. The van der Waals surface area contributed by atoms with E-state index in [1.807, 2.05) is 11.8 Å². The molecule has 0 aromatic rings. The third kappa shape index (κ3) is 5.97. The number of nitrogens with one attached hydrogen (secondary N) is 1. The Morgan fingerprint density at radius 2 is 1.89 bits per heavy atom. The lowest BCUT2D eigenvalue weighted by Crippen LogP contribution is -2.33. The summed E-state index contributed by atoms with van der Waals surface area (Å²) in [5.74, 6) is 3.01. The first kappa shape index (κ1) is 16.4. The van der Waals surface area contributed by atoms with Gasteiger partial charge in [-0.15, -0.1) is 0 Å². The van der Waals surface area contributed by atoms with Gasteiger partial charge >= 0.3 is 0 Å². The van der Waals surface area contributed by atoms with Crippen molar-refractivity contribution in [2.45, 2.75) is 65.8 Å². The van der Waals surface area contributed by atoms with E-state index in [0.29, 0.717) is 5.41 Å². The van der Waals surface area contributed by atoms with Gasteiger partial charge in [0.2, 0.25) is 0 Å². The highest BCUT2D eigenvalue weighted by Crippen LogP contribution is 2.36. The topological polar surface area (TPSA) is 12.0 Å². The fourth-order valence-electron chi connectivity index (χ4n) is 3.08. The molecule has 0 amide bonds. The quantitative estimate of drug-likeness (QED) is 0.735. The van der Waals surface area contributed by atoms with Gasteiger partial charge in [0.1, 0.15) is 0 Å². The molecule has 3 unspecified atom stereocenters. The molecule has 1 aliphatic rings. The molecule has 0 spiro atoms. The second kappa shape index (κ2) is 7.79. The van der Waals surface area contributed by atoms with Crippen molar-refractivity contribution in [1.29, 1.82) is 0 Å². The molecule has 1 aliphatic carbocycles. The van der Waals surface area contributed by atoms with Crippen LogP contribution in [0.1, 0.15) is 59.8 Å². The Morgan fingerprint density at radius 3 is 2.50 bits per heavy atom. The van der Waals surface area contributed by atoms with Crippen molar-refractivity contribution in [2.75, 3.05) is 18.6 Å². The minimum atomic E-state index is 0.501. The highest BCUT2D eigenvalue weighted by Gasteiger charge is 2.27. The molecule has 0 aromatic heterocycles. The molecule has 1 saturated carbocycles. The monoisotopic (exact) mass is 271 g/mol. The largest absolute Gasteiger partial charge is 0.314 e.